The Bertz CT molecular complexity index is 827. The topological polar surface area (TPSA) is 91.3 Å². The number of methoxy groups -OCH3 is 1. The Morgan fingerprint density at radius 2 is 1.91 bits per heavy atom. The van der Waals surface area contributed by atoms with Gasteiger partial charge in [-0.2, -0.15) is 4.98 Å². The minimum absolute atomic E-state index is 0.0162. The summed E-state index contributed by atoms with van der Waals surface area (Å²) in [6.07, 6.45) is 0.473. The van der Waals surface area contributed by atoms with E-state index in [9.17, 15) is 10.1 Å². The van der Waals surface area contributed by atoms with Crippen LogP contribution >= 0.6 is 0 Å². The first-order chi connectivity index (χ1) is 11.2. The van der Waals surface area contributed by atoms with Crippen molar-refractivity contribution in [3.63, 3.8) is 0 Å². The van der Waals surface area contributed by atoms with Gasteiger partial charge in [0.2, 0.25) is 0 Å². The van der Waals surface area contributed by atoms with Crippen molar-refractivity contribution < 1.29 is 14.2 Å². The fraction of sp³-hybridized carbons (Fsp3) is 0.125. The van der Waals surface area contributed by atoms with E-state index in [0.29, 0.717) is 23.7 Å². The highest BCUT2D eigenvalue weighted by Crippen LogP contribution is 2.23. The zero-order chi connectivity index (χ0) is 16.2. The Morgan fingerprint density at radius 1 is 1.17 bits per heavy atom. The number of para-hydroxylation sites is 1. The van der Waals surface area contributed by atoms with Crippen LogP contribution in [0.4, 0.5) is 5.69 Å². The summed E-state index contributed by atoms with van der Waals surface area (Å²) in [5, 5.41) is 14.6. The second kappa shape index (κ2) is 6.27. The number of rotatable bonds is 5. The van der Waals surface area contributed by atoms with E-state index in [1.807, 2.05) is 24.3 Å². The van der Waals surface area contributed by atoms with Gasteiger partial charge < -0.3 is 9.26 Å². The van der Waals surface area contributed by atoms with Crippen LogP contribution in [0.15, 0.2) is 53.1 Å². The summed E-state index contributed by atoms with van der Waals surface area (Å²) in [5.74, 6) is 1.60. The maximum Gasteiger partial charge on any atom is 0.269 e. The number of nitro benzene ring substituents is 1. The van der Waals surface area contributed by atoms with Gasteiger partial charge in [0.1, 0.15) is 5.75 Å². The molecule has 0 unspecified atom stereocenters. The number of benzene rings is 2. The molecule has 0 bridgehead atoms. The van der Waals surface area contributed by atoms with Gasteiger partial charge >= 0.3 is 0 Å². The second-order valence-corrected chi connectivity index (χ2v) is 4.81. The zero-order valence-electron chi connectivity index (χ0n) is 12.3. The first-order valence-electron chi connectivity index (χ1n) is 6.86. The fourth-order valence-electron chi connectivity index (χ4n) is 2.19. The average Bonchev–Trinajstić information content (AvgIpc) is 3.04. The van der Waals surface area contributed by atoms with Crippen molar-refractivity contribution in [1.82, 2.24) is 10.1 Å². The summed E-state index contributed by atoms with van der Waals surface area (Å²) < 4.78 is 10.5. The van der Waals surface area contributed by atoms with Gasteiger partial charge in [0.15, 0.2) is 5.82 Å². The number of nitrogens with zero attached hydrogens (tertiary/aromatic N) is 3. The van der Waals surface area contributed by atoms with E-state index in [-0.39, 0.29) is 5.69 Å². The molecule has 0 amide bonds. The summed E-state index contributed by atoms with van der Waals surface area (Å²) in [5.41, 5.74) is 1.60. The Kier molecular flexibility index (Phi) is 4.01. The molecule has 1 heterocycles. The van der Waals surface area contributed by atoms with E-state index in [1.54, 1.807) is 19.2 Å². The molecule has 0 fully saturated rings. The Hall–Kier alpha value is -3.22. The molecule has 0 aliphatic rings. The van der Waals surface area contributed by atoms with Crippen molar-refractivity contribution in [1.29, 1.82) is 0 Å². The van der Waals surface area contributed by atoms with Crippen LogP contribution in [-0.2, 0) is 6.42 Å². The molecule has 0 aliphatic carbocycles. The zero-order valence-corrected chi connectivity index (χ0v) is 12.3. The van der Waals surface area contributed by atoms with Gasteiger partial charge in [0.05, 0.1) is 12.0 Å². The van der Waals surface area contributed by atoms with Crippen LogP contribution in [0.25, 0.3) is 11.5 Å². The van der Waals surface area contributed by atoms with Gasteiger partial charge in [-0.1, -0.05) is 23.4 Å². The third-order valence-corrected chi connectivity index (χ3v) is 3.33. The van der Waals surface area contributed by atoms with Crippen molar-refractivity contribution in [3.8, 4) is 17.2 Å². The summed E-state index contributed by atoms with van der Waals surface area (Å²) in [7, 11) is 1.61. The minimum atomic E-state index is -0.454. The van der Waals surface area contributed by atoms with Crippen LogP contribution in [0.5, 0.6) is 5.75 Å². The number of nitro groups is 1. The van der Waals surface area contributed by atoms with Crippen molar-refractivity contribution in [2.75, 3.05) is 7.11 Å². The molecule has 0 saturated carbocycles. The first-order valence-corrected chi connectivity index (χ1v) is 6.86. The summed E-state index contributed by atoms with van der Waals surface area (Å²) >= 11 is 0. The van der Waals surface area contributed by atoms with E-state index in [4.69, 9.17) is 9.26 Å². The van der Waals surface area contributed by atoms with Crippen molar-refractivity contribution >= 4 is 5.69 Å². The smallest absolute Gasteiger partial charge is 0.269 e. The molecule has 0 N–H and O–H groups in total. The SMILES string of the molecule is COc1ccccc1Cc1noc(-c2ccc([N+](=O)[O-])cc2)n1. The lowest BCUT2D eigenvalue weighted by Gasteiger charge is -2.05. The Labute approximate surface area is 131 Å². The van der Waals surface area contributed by atoms with Gasteiger partial charge in [-0.05, 0) is 18.2 Å². The summed E-state index contributed by atoms with van der Waals surface area (Å²) in [6.45, 7) is 0. The third kappa shape index (κ3) is 3.18. The lowest BCUT2D eigenvalue weighted by atomic mass is 10.1. The highest BCUT2D eigenvalue weighted by Gasteiger charge is 2.13. The molecule has 7 nitrogen and oxygen atoms in total. The molecule has 0 atom stereocenters. The Balaban J connectivity index is 1.81. The summed E-state index contributed by atoms with van der Waals surface area (Å²) in [4.78, 5) is 14.5. The monoisotopic (exact) mass is 311 g/mol. The fourth-order valence-corrected chi connectivity index (χ4v) is 2.19. The van der Waals surface area contributed by atoms with E-state index in [1.165, 1.54) is 12.1 Å². The summed E-state index contributed by atoms with van der Waals surface area (Å²) in [6, 6.07) is 13.6. The molecular weight excluding hydrogens is 298 g/mol. The van der Waals surface area contributed by atoms with Crippen LogP contribution in [0.1, 0.15) is 11.4 Å². The van der Waals surface area contributed by atoms with Crippen molar-refractivity contribution in [3.05, 3.63) is 70.0 Å². The van der Waals surface area contributed by atoms with Crippen LogP contribution in [0, 0.1) is 10.1 Å². The highest BCUT2D eigenvalue weighted by atomic mass is 16.6. The maximum absolute atomic E-state index is 10.7. The molecule has 3 aromatic rings. The molecule has 116 valence electrons. The second-order valence-electron chi connectivity index (χ2n) is 4.81. The predicted octanol–water partition coefficient (Wildman–Crippen LogP) is 3.24. The molecule has 7 heteroatoms. The minimum Gasteiger partial charge on any atom is -0.496 e. The van der Waals surface area contributed by atoms with E-state index in [2.05, 4.69) is 10.1 Å². The lowest BCUT2D eigenvalue weighted by molar-refractivity contribution is -0.384. The molecule has 3 rings (SSSR count). The van der Waals surface area contributed by atoms with Crippen LogP contribution < -0.4 is 4.74 Å². The Morgan fingerprint density at radius 3 is 2.61 bits per heavy atom. The molecule has 0 radical (unpaired) electrons. The average molecular weight is 311 g/mol. The molecule has 23 heavy (non-hydrogen) atoms. The van der Waals surface area contributed by atoms with Gasteiger partial charge in [0, 0.05) is 29.7 Å². The maximum atomic E-state index is 10.7. The van der Waals surface area contributed by atoms with E-state index >= 15 is 0 Å². The lowest BCUT2D eigenvalue weighted by Crippen LogP contribution is -1.95. The van der Waals surface area contributed by atoms with Gasteiger partial charge in [-0.3, -0.25) is 10.1 Å². The number of non-ortho nitro benzene ring substituents is 1. The number of ether oxygens (including phenoxy) is 1. The number of hydrogen-bond acceptors (Lipinski definition) is 6. The predicted molar refractivity (Wildman–Crippen MR) is 82.2 cm³/mol. The molecule has 0 spiro atoms. The number of hydrogen-bond donors (Lipinski definition) is 0. The van der Waals surface area contributed by atoms with Gasteiger partial charge in [0.25, 0.3) is 11.6 Å². The van der Waals surface area contributed by atoms with E-state index < -0.39 is 4.92 Å². The molecule has 0 saturated heterocycles. The first kappa shape index (κ1) is 14.7. The van der Waals surface area contributed by atoms with Crippen molar-refractivity contribution in [2.45, 2.75) is 6.42 Å². The van der Waals surface area contributed by atoms with Gasteiger partial charge in [-0.25, -0.2) is 0 Å². The highest BCUT2D eigenvalue weighted by molar-refractivity contribution is 5.55. The van der Waals surface area contributed by atoms with Crippen LogP contribution in [-0.4, -0.2) is 22.2 Å². The molecule has 2 aromatic carbocycles. The normalized spacial score (nSPS) is 10.5. The van der Waals surface area contributed by atoms with Crippen LogP contribution in [0.3, 0.4) is 0 Å². The van der Waals surface area contributed by atoms with Crippen LogP contribution in [0.2, 0.25) is 0 Å². The van der Waals surface area contributed by atoms with Gasteiger partial charge in [-0.15, -0.1) is 0 Å². The molecule has 0 aliphatic heterocycles. The van der Waals surface area contributed by atoms with Crippen molar-refractivity contribution in [2.24, 2.45) is 0 Å². The molecular formula is C16H13N3O4. The quantitative estimate of drug-likeness (QED) is 0.530. The third-order valence-electron chi connectivity index (χ3n) is 3.33. The molecule has 1 aromatic heterocycles. The standard InChI is InChI=1S/C16H13N3O4/c1-22-14-5-3-2-4-12(14)10-15-17-16(23-18-15)11-6-8-13(9-7-11)19(20)21/h2-9H,10H2,1H3. The largest absolute Gasteiger partial charge is 0.496 e. The van der Waals surface area contributed by atoms with E-state index in [0.717, 1.165) is 11.3 Å². The number of aromatic nitrogens is 2.